The molecule has 2 rings (SSSR count). The number of halogens is 1. The van der Waals surface area contributed by atoms with Gasteiger partial charge in [-0.05, 0) is 24.8 Å². The van der Waals surface area contributed by atoms with Gasteiger partial charge in [0.15, 0.2) is 10.8 Å². The van der Waals surface area contributed by atoms with Crippen LogP contribution < -0.4 is 5.14 Å². The maximum absolute atomic E-state index is 11.9. The van der Waals surface area contributed by atoms with Crippen LogP contribution in [0.15, 0.2) is 5.03 Å². The van der Waals surface area contributed by atoms with Crippen LogP contribution in [0.1, 0.15) is 56.9 Å². The van der Waals surface area contributed by atoms with E-state index in [-0.39, 0.29) is 10.2 Å². The molecule has 0 atom stereocenters. The van der Waals surface area contributed by atoms with E-state index < -0.39 is 10.0 Å². The highest BCUT2D eigenvalue weighted by molar-refractivity contribution is 7.89. The van der Waals surface area contributed by atoms with E-state index >= 15 is 0 Å². The van der Waals surface area contributed by atoms with Gasteiger partial charge in [-0.3, -0.25) is 0 Å². The fourth-order valence-electron chi connectivity index (χ4n) is 2.88. The van der Waals surface area contributed by atoms with Crippen LogP contribution in [-0.2, 0) is 29.3 Å². The molecule has 2 N–H and O–H groups in total. The van der Waals surface area contributed by atoms with Gasteiger partial charge in [-0.2, -0.15) is 9.61 Å². The molecule has 6 nitrogen and oxygen atoms in total. The van der Waals surface area contributed by atoms with Crippen LogP contribution in [0.3, 0.4) is 0 Å². The summed E-state index contributed by atoms with van der Waals surface area (Å²) in [6.07, 6.45) is 5.31. The van der Waals surface area contributed by atoms with E-state index in [1.54, 1.807) is 0 Å². The van der Waals surface area contributed by atoms with Gasteiger partial charge < -0.3 is 0 Å². The van der Waals surface area contributed by atoms with Crippen LogP contribution in [0.2, 0.25) is 5.15 Å². The van der Waals surface area contributed by atoms with Crippen molar-refractivity contribution in [1.82, 2.24) is 14.6 Å². The summed E-state index contributed by atoms with van der Waals surface area (Å²) in [6, 6.07) is 0. The molecule has 128 valence electrons. The Balaban J connectivity index is 2.90. The van der Waals surface area contributed by atoms with E-state index in [1.165, 1.54) is 10.1 Å². The first-order valence-corrected chi connectivity index (χ1v) is 9.89. The molecular formula is C15H23ClN4O2S. The highest BCUT2D eigenvalue weighted by Gasteiger charge is 2.25. The molecule has 0 aromatic carbocycles. The molecule has 0 saturated heterocycles. The zero-order valence-electron chi connectivity index (χ0n) is 13.8. The van der Waals surface area contributed by atoms with Crippen molar-refractivity contribution < 1.29 is 8.42 Å². The predicted molar refractivity (Wildman–Crippen MR) is 91.4 cm³/mol. The third-order valence-electron chi connectivity index (χ3n) is 3.73. The number of nitrogens with zero attached hydrogens (tertiary/aromatic N) is 3. The van der Waals surface area contributed by atoms with Crippen molar-refractivity contribution in [3.8, 4) is 0 Å². The Morgan fingerprint density at radius 1 is 1.04 bits per heavy atom. The summed E-state index contributed by atoms with van der Waals surface area (Å²) in [4.78, 5) is 4.25. The molecule has 0 aliphatic carbocycles. The molecule has 0 saturated carbocycles. The van der Waals surface area contributed by atoms with Gasteiger partial charge in [-0.15, -0.1) is 0 Å². The highest BCUT2D eigenvalue weighted by Crippen LogP contribution is 2.28. The lowest BCUT2D eigenvalue weighted by atomic mass is 9.97. The first kappa shape index (κ1) is 18.2. The molecule has 0 aliphatic rings. The summed E-state index contributed by atoms with van der Waals surface area (Å²) in [5.41, 5.74) is 3.62. The maximum Gasteiger partial charge on any atom is 0.258 e. The number of aromatic nitrogens is 3. The summed E-state index contributed by atoms with van der Waals surface area (Å²) in [7, 11) is -4.00. The molecule has 0 unspecified atom stereocenters. The van der Waals surface area contributed by atoms with Gasteiger partial charge in [0, 0.05) is 5.56 Å². The summed E-state index contributed by atoms with van der Waals surface area (Å²) in [5, 5.41) is 9.48. The highest BCUT2D eigenvalue weighted by atomic mass is 35.5. The van der Waals surface area contributed by atoms with Crippen molar-refractivity contribution in [1.29, 1.82) is 0 Å². The Hall–Kier alpha value is -1.18. The standard InChI is InChI=1S/C15H23ClN4O2S/c1-4-7-10-11(8-5-2)14-18-13(16)15(23(17,21)22)20(14)19-12(10)9-6-3/h4-9H2,1-3H3,(H2,17,21,22). The number of fused-ring (bicyclic) bond motifs is 1. The average molecular weight is 359 g/mol. The molecular weight excluding hydrogens is 336 g/mol. The first-order valence-electron chi connectivity index (χ1n) is 7.96. The number of imidazole rings is 1. The number of sulfonamides is 1. The van der Waals surface area contributed by atoms with E-state index in [0.717, 1.165) is 49.8 Å². The van der Waals surface area contributed by atoms with Crippen LogP contribution >= 0.6 is 11.6 Å². The molecule has 0 bridgehead atoms. The third-order valence-corrected chi connectivity index (χ3v) is 5.01. The Labute approximate surface area is 142 Å². The monoisotopic (exact) mass is 358 g/mol. The zero-order chi connectivity index (χ0) is 17.2. The zero-order valence-corrected chi connectivity index (χ0v) is 15.3. The fourth-order valence-corrected chi connectivity index (χ4v) is 4.01. The summed E-state index contributed by atoms with van der Waals surface area (Å²) in [6.45, 7) is 6.27. The van der Waals surface area contributed by atoms with Crippen LogP contribution in [0.25, 0.3) is 5.65 Å². The fraction of sp³-hybridized carbons (Fsp3) is 0.600. The molecule has 0 aliphatic heterocycles. The first-order chi connectivity index (χ1) is 10.8. The Bertz CT molecular complexity index is 815. The summed E-state index contributed by atoms with van der Waals surface area (Å²) in [5.74, 6) is 0. The number of rotatable bonds is 7. The molecule has 0 amide bonds. The number of nitrogens with two attached hydrogens (primary N) is 1. The van der Waals surface area contributed by atoms with Gasteiger partial charge in [0.25, 0.3) is 10.0 Å². The minimum absolute atomic E-state index is 0.117. The number of aryl methyl sites for hydroxylation is 2. The van der Waals surface area contributed by atoms with E-state index in [1.807, 2.05) is 0 Å². The lowest BCUT2D eigenvalue weighted by molar-refractivity contribution is 0.588. The average Bonchev–Trinajstić information content (AvgIpc) is 2.78. The van der Waals surface area contributed by atoms with E-state index in [9.17, 15) is 8.42 Å². The normalized spacial score (nSPS) is 12.2. The molecule has 2 aromatic heterocycles. The lowest BCUT2D eigenvalue weighted by Crippen LogP contribution is -2.18. The third kappa shape index (κ3) is 3.51. The van der Waals surface area contributed by atoms with Crippen molar-refractivity contribution in [3.05, 3.63) is 22.0 Å². The molecule has 0 radical (unpaired) electrons. The summed E-state index contributed by atoms with van der Waals surface area (Å²) >= 11 is 6.05. The van der Waals surface area contributed by atoms with Gasteiger partial charge in [0.05, 0.1) is 5.69 Å². The van der Waals surface area contributed by atoms with Crippen LogP contribution in [0, 0.1) is 0 Å². The molecule has 0 fully saturated rings. The number of primary sulfonamides is 1. The topological polar surface area (TPSA) is 90.4 Å². The molecule has 2 heterocycles. The SMILES string of the molecule is CCCc1nn2c(S(N)(=O)=O)c(Cl)nc2c(CCC)c1CCC. The van der Waals surface area contributed by atoms with Crippen LogP contribution in [0.4, 0.5) is 0 Å². The second kappa shape index (κ2) is 7.15. The smallest absolute Gasteiger partial charge is 0.223 e. The summed E-state index contributed by atoms with van der Waals surface area (Å²) < 4.78 is 25.1. The van der Waals surface area contributed by atoms with E-state index in [0.29, 0.717) is 5.65 Å². The van der Waals surface area contributed by atoms with Crippen LogP contribution in [-0.4, -0.2) is 23.0 Å². The number of hydrogen-bond donors (Lipinski definition) is 1. The predicted octanol–water partition coefficient (Wildman–Crippen LogP) is 2.89. The van der Waals surface area contributed by atoms with Crippen molar-refractivity contribution in [2.24, 2.45) is 5.14 Å². The molecule has 8 heteroatoms. The quantitative estimate of drug-likeness (QED) is 0.823. The van der Waals surface area contributed by atoms with E-state index in [4.69, 9.17) is 16.7 Å². The maximum atomic E-state index is 11.9. The second-order valence-electron chi connectivity index (χ2n) is 5.64. The largest absolute Gasteiger partial charge is 0.258 e. The molecule has 0 spiro atoms. The Kier molecular flexibility index (Phi) is 5.65. The van der Waals surface area contributed by atoms with Crippen molar-refractivity contribution >= 4 is 27.3 Å². The Morgan fingerprint density at radius 3 is 2.13 bits per heavy atom. The minimum Gasteiger partial charge on any atom is -0.223 e. The molecule has 23 heavy (non-hydrogen) atoms. The lowest BCUT2D eigenvalue weighted by Gasteiger charge is -2.15. The van der Waals surface area contributed by atoms with Gasteiger partial charge in [0.1, 0.15) is 0 Å². The van der Waals surface area contributed by atoms with Gasteiger partial charge in [-0.1, -0.05) is 51.6 Å². The van der Waals surface area contributed by atoms with Crippen LogP contribution in [0.5, 0.6) is 0 Å². The second-order valence-corrected chi connectivity index (χ2v) is 7.48. The molecule has 2 aromatic rings. The minimum atomic E-state index is -4.00. The van der Waals surface area contributed by atoms with Gasteiger partial charge in [0.2, 0.25) is 5.03 Å². The van der Waals surface area contributed by atoms with Crippen molar-refractivity contribution in [3.63, 3.8) is 0 Å². The van der Waals surface area contributed by atoms with Crippen molar-refractivity contribution in [2.45, 2.75) is 64.3 Å². The Morgan fingerprint density at radius 2 is 1.61 bits per heavy atom. The number of hydrogen-bond acceptors (Lipinski definition) is 4. The van der Waals surface area contributed by atoms with Gasteiger partial charge in [-0.25, -0.2) is 18.5 Å². The van der Waals surface area contributed by atoms with Crippen molar-refractivity contribution in [2.75, 3.05) is 0 Å². The van der Waals surface area contributed by atoms with Gasteiger partial charge >= 0.3 is 0 Å². The van der Waals surface area contributed by atoms with E-state index in [2.05, 4.69) is 30.9 Å².